The van der Waals surface area contributed by atoms with Crippen molar-refractivity contribution in [3.05, 3.63) is 0 Å². The Morgan fingerprint density at radius 1 is 1.57 bits per heavy atom. The van der Waals surface area contributed by atoms with Gasteiger partial charge in [-0.05, 0) is 12.8 Å². The van der Waals surface area contributed by atoms with Crippen LogP contribution in [0.5, 0.6) is 0 Å². The van der Waals surface area contributed by atoms with Crippen LogP contribution in [0.25, 0.3) is 0 Å². The molecule has 0 unspecified atom stereocenters. The van der Waals surface area contributed by atoms with Crippen molar-refractivity contribution in [1.29, 1.82) is 0 Å². The molecule has 78 valence electrons. The number of halogens is 1. The van der Waals surface area contributed by atoms with Crippen molar-refractivity contribution < 1.29 is 19.4 Å². The van der Waals surface area contributed by atoms with Crippen LogP contribution in [0.1, 0.15) is 12.8 Å². The number of carbonyl (C=O) groups is 1. The lowest BCUT2D eigenvalue weighted by Gasteiger charge is -2.28. The molecule has 3 rings (SSSR count). The number of aliphatic hydroxyl groups is 1. The van der Waals surface area contributed by atoms with Gasteiger partial charge in [-0.2, -0.15) is 0 Å². The summed E-state index contributed by atoms with van der Waals surface area (Å²) >= 11 is 3.36. The van der Waals surface area contributed by atoms with Gasteiger partial charge in [-0.1, -0.05) is 15.9 Å². The van der Waals surface area contributed by atoms with Gasteiger partial charge in [0.25, 0.3) is 0 Å². The third-order valence-corrected chi connectivity index (χ3v) is 4.52. The normalized spacial score (nSPS) is 54.9. The van der Waals surface area contributed by atoms with E-state index in [1.54, 1.807) is 0 Å². The second kappa shape index (κ2) is 2.51. The average Bonchev–Trinajstić information content (AvgIpc) is 2.87. The lowest BCUT2D eigenvalue weighted by Crippen LogP contribution is -2.52. The van der Waals surface area contributed by atoms with Crippen LogP contribution in [0.2, 0.25) is 0 Å². The van der Waals surface area contributed by atoms with Crippen molar-refractivity contribution in [3.63, 3.8) is 0 Å². The van der Waals surface area contributed by atoms with E-state index in [0.717, 1.165) is 12.8 Å². The Morgan fingerprint density at radius 3 is 2.86 bits per heavy atom. The monoisotopic (exact) mass is 262 g/mol. The molecule has 0 aromatic carbocycles. The Kier molecular flexibility index (Phi) is 1.64. The molecule has 0 aromatic heterocycles. The predicted molar refractivity (Wildman–Crippen MR) is 50.0 cm³/mol. The number of ether oxygens (including phenoxy) is 2. The van der Waals surface area contributed by atoms with Crippen LogP contribution in [0, 0.1) is 5.92 Å². The first-order valence-electron chi connectivity index (χ1n) is 4.78. The molecule has 14 heavy (non-hydrogen) atoms. The van der Waals surface area contributed by atoms with Crippen LogP contribution in [0.15, 0.2) is 0 Å². The van der Waals surface area contributed by atoms with Gasteiger partial charge in [0, 0.05) is 11.2 Å². The van der Waals surface area contributed by atoms with Gasteiger partial charge in [0.2, 0.25) is 5.60 Å². The maximum absolute atomic E-state index is 11.5. The molecular formula is C9H11BrO4. The SMILES string of the molecule is O=C1O[C@@H]2CC[C@H](CBr)[C@]2(O)[C@@]12CO2. The maximum atomic E-state index is 11.5. The Balaban J connectivity index is 2.04. The second-order valence-corrected chi connectivity index (χ2v) is 4.91. The van der Waals surface area contributed by atoms with Crippen LogP contribution in [0.4, 0.5) is 0 Å². The highest BCUT2D eigenvalue weighted by atomic mass is 79.9. The number of epoxide rings is 1. The number of alkyl halides is 1. The lowest BCUT2D eigenvalue weighted by atomic mass is 9.80. The zero-order valence-corrected chi connectivity index (χ0v) is 9.12. The van der Waals surface area contributed by atoms with Crippen molar-refractivity contribution in [3.8, 4) is 0 Å². The molecule has 1 aliphatic carbocycles. The number of hydrogen-bond acceptors (Lipinski definition) is 4. The molecule has 4 atom stereocenters. The highest BCUT2D eigenvalue weighted by molar-refractivity contribution is 9.09. The second-order valence-electron chi connectivity index (χ2n) is 4.26. The zero-order valence-electron chi connectivity index (χ0n) is 7.53. The smallest absolute Gasteiger partial charge is 0.344 e. The number of hydrogen-bond donors (Lipinski definition) is 1. The largest absolute Gasteiger partial charge is 0.457 e. The summed E-state index contributed by atoms with van der Waals surface area (Å²) in [6.45, 7) is 0.308. The van der Waals surface area contributed by atoms with Gasteiger partial charge in [0.15, 0.2) is 0 Å². The van der Waals surface area contributed by atoms with Gasteiger partial charge in [-0.25, -0.2) is 4.79 Å². The van der Waals surface area contributed by atoms with Crippen molar-refractivity contribution in [1.82, 2.24) is 0 Å². The Morgan fingerprint density at radius 2 is 2.29 bits per heavy atom. The van der Waals surface area contributed by atoms with E-state index in [-0.39, 0.29) is 18.0 Å². The summed E-state index contributed by atoms with van der Waals surface area (Å²) in [6, 6.07) is 0. The van der Waals surface area contributed by atoms with E-state index in [1.165, 1.54) is 0 Å². The molecular weight excluding hydrogens is 252 g/mol. The minimum atomic E-state index is -1.09. The fourth-order valence-electron chi connectivity index (χ4n) is 2.80. The van der Waals surface area contributed by atoms with Gasteiger partial charge in [0.05, 0.1) is 6.61 Å². The standard InChI is InChI=1S/C9H11BrO4/c10-3-5-1-2-6-9(5,12)8(4-13-8)7(11)14-6/h5-6,12H,1-4H2/t5-,6-,8-,9-/m1/s1. The molecule has 4 nitrogen and oxygen atoms in total. The molecule has 1 saturated carbocycles. The first kappa shape index (κ1) is 9.12. The van der Waals surface area contributed by atoms with Crippen LogP contribution in [-0.4, -0.2) is 40.3 Å². The van der Waals surface area contributed by atoms with E-state index in [1.807, 2.05) is 0 Å². The summed E-state index contributed by atoms with van der Waals surface area (Å²) < 4.78 is 10.3. The van der Waals surface area contributed by atoms with Crippen LogP contribution < -0.4 is 0 Å². The number of carbonyl (C=O) groups excluding carboxylic acids is 1. The molecule has 1 spiro atoms. The Bertz CT molecular complexity index is 301. The minimum Gasteiger partial charge on any atom is -0.457 e. The fraction of sp³-hybridized carbons (Fsp3) is 0.889. The van der Waals surface area contributed by atoms with Gasteiger partial charge >= 0.3 is 5.97 Å². The Labute approximate surface area is 89.7 Å². The molecule has 0 radical (unpaired) electrons. The summed E-state index contributed by atoms with van der Waals surface area (Å²) in [5, 5.41) is 11.2. The topological polar surface area (TPSA) is 59.1 Å². The summed E-state index contributed by atoms with van der Waals surface area (Å²) in [7, 11) is 0. The van der Waals surface area contributed by atoms with Gasteiger partial charge in [-0.15, -0.1) is 0 Å². The molecule has 1 N–H and O–H groups in total. The molecule has 0 aromatic rings. The van der Waals surface area contributed by atoms with E-state index < -0.39 is 11.2 Å². The molecule has 2 aliphatic heterocycles. The van der Waals surface area contributed by atoms with Crippen LogP contribution >= 0.6 is 15.9 Å². The van der Waals surface area contributed by atoms with E-state index in [9.17, 15) is 9.90 Å². The van der Waals surface area contributed by atoms with Gasteiger partial charge in [0.1, 0.15) is 11.7 Å². The van der Waals surface area contributed by atoms with Gasteiger partial charge < -0.3 is 14.6 Å². The number of esters is 1. The van der Waals surface area contributed by atoms with Crippen molar-refractivity contribution in [2.45, 2.75) is 30.1 Å². The van der Waals surface area contributed by atoms with Crippen molar-refractivity contribution in [2.24, 2.45) is 5.92 Å². The lowest BCUT2D eigenvalue weighted by molar-refractivity contribution is -0.145. The number of rotatable bonds is 1. The summed E-state index contributed by atoms with van der Waals surface area (Å²) in [5.41, 5.74) is -2.11. The number of fused-ring (bicyclic) bond motifs is 2. The third-order valence-electron chi connectivity index (χ3n) is 3.74. The molecule has 5 heteroatoms. The molecule has 2 saturated heterocycles. The fourth-order valence-corrected chi connectivity index (χ4v) is 3.62. The average molecular weight is 263 g/mol. The maximum Gasteiger partial charge on any atom is 0.344 e. The van der Waals surface area contributed by atoms with Crippen molar-refractivity contribution in [2.75, 3.05) is 11.9 Å². The Hall–Kier alpha value is -0.130. The first-order valence-corrected chi connectivity index (χ1v) is 5.90. The van der Waals surface area contributed by atoms with Crippen molar-refractivity contribution >= 4 is 21.9 Å². The van der Waals surface area contributed by atoms with Crippen LogP contribution in [-0.2, 0) is 14.3 Å². The summed E-state index contributed by atoms with van der Waals surface area (Å²) in [6.07, 6.45) is 1.26. The molecule has 2 heterocycles. The first-order chi connectivity index (χ1) is 6.65. The van der Waals surface area contributed by atoms with E-state index in [2.05, 4.69) is 15.9 Å². The molecule has 0 bridgehead atoms. The van der Waals surface area contributed by atoms with Crippen LogP contribution in [0.3, 0.4) is 0 Å². The quantitative estimate of drug-likeness (QED) is 0.417. The summed E-state index contributed by atoms with van der Waals surface area (Å²) in [4.78, 5) is 11.5. The third kappa shape index (κ3) is 0.763. The summed E-state index contributed by atoms with van der Waals surface area (Å²) in [5.74, 6) is -0.322. The highest BCUT2D eigenvalue weighted by Crippen LogP contribution is 2.57. The molecule has 3 fully saturated rings. The molecule has 0 amide bonds. The van der Waals surface area contributed by atoms with E-state index >= 15 is 0 Å². The van der Waals surface area contributed by atoms with Gasteiger partial charge in [-0.3, -0.25) is 0 Å². The highest BCUT2D eigenvalue weighted by Gasteiger charge is 2.79. The molecule has 3 aliphatic rings. The van der Waals surface area contributed by atoms with E-state index in [4.69, 9.17) is 9.47 Å². The van der Waals surface area contributed by atoms with E-state index in [0.29, 0.717) is 11.9 Å². The predicted octanol–water partition coefficient (Wildman–Crippen LogP) is 0.217. The minimum absolute atomic E-state index is 0.0569. The zero-order chi connectivity index (χ0) is 9.97.